The molecule has 106 valence electrons. The Labute approximate surface area is 117 Å². The maximum absolute atomic E-state index is 4.31. The van der Waals surface area contributed by atoms with E-state index in [1.165, 1.54) is 44.1 Å². The fourth-order valence-electron chi connectivity index (χ4n) is 3.18. The molecule has 0 spiro atoms. The second-order valence-electron chi connectivity index (χ2n) is 5.86. The van der Waals surface area contributed by atoms with Crippen molar-refractivity contribution < 1.29 is 0 Å². The monoisotopic (exact) mass is 261 g/mol. The molecule has 1 saturated carbocycles. The molecule has 1 unspecified atom stereocenters. The molecule has 0 aliphatic heterocycles. The van der Waals surface area contributed by atoms with Gasteiger partial charge in [-0.15, -0.1) is 0 Å². The van der Waals surface area contributed by atoms with Crippen molar-refractivity contribution in [2.24, 2.45) is 5.92 Å². The van der Waals surface area contributed by atoms with Crippen LogP contribution in [0.15, 0.2) is 6.07 Å². The summed E-state index contributed by atoms with van der Waals surface area (Å²) in [6, 6.07) is 2.69. The molecule has 1 aromatic rings. The summed E-state index contributed by atoms with van der Waals surface area (Å²) in [5, 5.41) is 12.2. The van der Waals surface area contributed by atoms with E-state index in [2.05, 4.69) is 35.4 Å². The molecule has 1 fully saturated rings. The smallest absolute Gasteiger partial charge is 0.0648 e. The highest BCUT2D eigenvalue weighted by molar-refractivity contribution is 5.24. The molecule has 3 nitrogen and oxygen atoms in total. The molecule has 19 heavy (non-hydrogen) atoms. The number of nitrogens with zero attached hydrogens (tertiary/aromatic N) is 2. The Bertz CT molecular complexity index is 397. The molecule has 1 atom stereocenters. The van der Waals surface area contributed by atoms with Crippen LogP contribution in [0.5, 0.6) is 0 Å². The second-order valence-corrected chi connectivity index (χ2v) is 5.86. The fourth-order valence-corrected chi connectivity index (χ4v) is 3.18. The summed E-state index contributed by atoms with van der Waals surface area (Å²) >= 11 is 0. The van der Waals surface area contributed by atoms with Gasteiger partial charge in [-0.25, -0.2) is 0 Å². The maximum atomic E-state index is 4.31. The topological polar surface area (TPSA) is 37.8 Å². The predicted molar refractivity (Wildman–Crippen MR) is 79.1 cm³/mol. The quantitative estimate of drug-likeness (QED) is 0.878. The summed E-state index contributed by atoms with van der Waals surface area (Å²) in [4.78, 5) is 0. The maximum Gasteiger partial charge on any atom is 0.0648 e. The van der Waals surface area contributed by atoms with Crippen LogP contribution in [0.4, 0.5) is 0 Å². The largest absolute Gasteiger partial charge is 0.310 e. The van der Waals surface area contributed by atoms with Crippen LogP contribution in [-0.2, 0) is 0 Å². The van der Waals surface area contributed by atoms with Crippen LogP contribution in [0.3, 0.4) is 0 Å². The molecule has 1 aromatic heterocycles. The Morgan fingerprint density at radius 1 is 1.21 bits per heavy atom. The van der Waals surface area contributed by atoms with Crippen molar-refractivity contribution in [3.05, 3.63) is 23.0 Å². The van der Waals surface area contributed by atoms with E-state index in [4.69, 9.17) is 0 Å². The van der Waals surface area contributed by atoms with E-state index in [0.29, 0.717) is 6.04 Å². The highest BCUT2D eigenvalue weighted by Gasteiger charge is 2.26. The van der Waals surface area contributed by atoms with Crippen LogP contribution >= 0.6 is 0 Å². The molecule has 1 N–H and O–H groups in total. The molecule has 0 amide bonds. The average molecular weight is 261 g/mol. The first-order chi connectivity index (χ1) is 9.22. The van der Waals surface area contributed by atoms with Crippen LogP contribution in [0.2, 0.25) is 0 Å². The van der Waals surface area contributed by atoms with Gasteiger partial charge in [-0.2, -0.15) is 10.2 Å². The standard InChI is InChI=1S/C16H27N3/c1-4-10-17-16(14-8-6-5-7-9-14)15-11-12(2)18-19-13(15)3/h11,14,16-17H,4-10H2,1-3H3. The van der Waals surface area contributed by atoms with Crippen LogP contribution in [0, 0.1) is 19.8 Å². The summed E-state index contributed by atoms with van der Waals surface area (Å²) < 4.78 is 0. The number of hydrogen-bond donors (Lipinski definition) is 1. The van der Waals surface area contributed by atoms with Crippen LogP contribution in [0.25, 0.3) is 0 Å². The van der Waals surface area contributed by atoms with Gasteiger partial charge in [0.2, 0.25) is 0 Å². The summed E-state index contributed by atoms with van der Waals surface area (Å²) in [6.45, 7) is 7.44. The fraction of sp³-hybridized carbons (Fsp3) is 0.750. The molecular weight excluding hydrogens is 234 g/mol. The van der Waals surface area contributed by atoms with Gasteiger partial charge in [0.25, 0.3) is 0 Å². The molecule has 1 aliphatic rings. The minimum atomic E-state index is 0.467. The van der Waals surface area contributed by atoms with Gasteiger partial charge in [0, 0.05) is 6.04 Å². The molecule has 0 radical (unpaired) electrons. The highest BCUT2D eigenvalue weighted by Crippen LogP contribution is 2.35. The van der Waals surface area contributed by atoms with Crippen LogP contribution in [-0.4, -0.2) is 16.7 Å². The Morgan fingerprint density at radius 3 is 2.63 bits per heavy atom. The number of hydrogen-bond acceptors (Lipinski definition) is 3. The SMILES string of the molecule is CCCNC(c1cc(C)nnc1C)C1CCCCC1. The Kier molecular flexibility index (Phi) is 5.32. The summed E-state index contributed by atoms with van der Waals surface area (Å²) in [7, 11) is 0. The van der Waals surface area contributed by atoms with Crippen molar-refractivity contribution in [1.82, 2.24) is 15.5 Å². The molecule has 1 heterocycles. The van der Waals surface area contributed by atoms with Gasteiger partial charge in [-0.1, -0.05) is 26.2 Å². The van der Waals surface area contributed by atoms with Crippen molar-refractivity contribution in [3.8, 4) is 0 Å². The van der Waals surface area contributed by atoms with E-state index in [0.717, 1.165) is 23.9 Å². The predicted octanol–water partition coefficient (Wildman–Crippen LogP) is 3.71. The van der Waals surface area contributed by atoms with E-state index in [9.17, 15) is 0 Å². The Morgan fingerprint density at radius 2 is 1.95 bits per heavy atom. The Balaban J connectivity index is 2.22. The van der Waals surface area contributed by atoms with Gasteiger partial charge in [-0.3, -0.25) is 0 Å². The first kappa shape index (κ1) is 14.4. The number of nitrogens with one attached hydrogen (secondary N) is 1. The van der Waals surface area contributed by atoms with Crippen molar-refractivity contribution in [1.29, 1.82) is 0 Å². The number of aromatic nitrogens is 2. The lowest BCUT2D eigenvalue weighted by Crippen LogP contribution is -2.31. The van der Waals surface area contributed by atoms with E-state index in [-0.39, 0.29) is 0 Å². The minimum Gasteiger partial charge on any atom is -0.310 e. The second kappa shape index (κ2) is 6.99. The molecule has 0 aromatic carbocycles. The molecule has 3 heteroatoms. The van der Waals surface area contributed by atoms with Crippen LogP contribution < -0.4 is 5.32 Å². The lowest BCUT2D eigenvalue weighted by molar-refractivity contribution is 0.270. The Hall–Kier alpha value is -0.960. The number of rotatable bonds is 5. The first-order valence-electron chi connectivity index (χ1n) is 7.76. The van der Waals surface area contributed by atoms with E-state index < -0.39 is 0 Å². The van der Waals surface area contributed by atoms with E-state index in [1.54, 1.807) is 0 Å². The number of aryl methyl sites for hydroxylation is 2. The summed E-state index contributed by atoms with van der Waals surface area (Å²) in [6.07, 6.45) is 8.05. The zero-order valence-corrected chi connectivity index (χ0v) is 12.6. The third-order valence-electron chi connectivity index (χ3n) is 4.21. The van der Waals surface area contributed by atoms with Gasteiger partial charge in [0.1, 0.15) is 0 Å². The first-order valence-corrected chi connectivity index (χ1v) is 7.76. The zero-order chi connectivity index (χ0) is 13.7. The highest BCUT2D eigenvalue weighted by atomic mass is 15.1. The lowest BCUT2D eigenvalue weighted by Gasteiger charge is -2.32. The zero-order valence-electron chi connectivity index (χ0n) is 12.6. The minimum absolute atomic E-state index is 0.467. The molecule has 1 aliphatic carbocycles. The van der Waals surface area contributed by atoms with Crippen molar-refractivity contribution in [2.75, 3.05) is 6.54 Å². The molecular formula is C16H27N3. The van der Waals surface area contributed by atoms with Gasteiger partial charge in [-0.05, 0) is 57.2 Å². The van der Waals surface area contributed by atoms with Crippen molar-refractivity contribution in [2.45, 2.75) is 65.3 Å². The van der Waals surface area contributed by atoms with Gasteiger partial charge in [0.05, 0.1) is 11.4 Å². The third kappa shape index (κ3) is 3.75. The normalized spacial score (nSPS) is 18.5. The lowest BCUT2D eigenvalue weighted by atomic mass is 9.80. The average Bonchev–Trinajstić information content (AvgIpc) is 2.44. The molecule has 0 bridgehead atoms. The van der Waals surface area contributed by atoms with Crippen LogP contribution in [0.1, 0.15) is 68.4 Å². The van der Waals surface area contributed by atoms with Crippen molar-refractivity contribution in [3.63, 3.8) is 0 Å². The van der Waals surface area contributed by atoms with Gasteiger partial charge in [0.15, 0.2) is 0 Å². The molecule has 2 rings (SSSR count). The van der Waals surface area contributed by atoms with Crippen molar-refractivity contribution >= 4 is 0 Å². The summed E-state index contributed by atoms with van der Waals surface area (Å²) in [5.74, 6) is 0.766. The third-order valence-corrected chi connectivity index (χ3v) is 4.21. The molecule has 0 saturated heterocycles. The van der Waals surface area contributed by atoms with Gasteiger partial charge < -0.3 is 5.32 Å². The van der Waals surface area contributed by atoms with E-state index in [1.807, 2.05) is 6.92 Å². The summed E-state index contributed by atoms with van der Waals surface area (Å²) in [5.41, 5.74) is 3.48. The van der Waals surface area contributed by atoms with E-state index >= 15 is 0 Å². The van der Waals surface area contributed by atoms with Gasteiger partial charge >= 0.3 is 0 Å².